The lowest BCUT2D eigenvalue weighted by molar-refractivity contribution is -0.136. The van der Waals surface area contributed by atoms with Crippen LogP contribution in [0.3, 0.4) is 0 Å². The number of hydrogen-bond donors (Lipinski definition) is 2. The molecule has 2 aromatic carbocycles. The zero-order chi connectivity index (χ0) is 18.9. The van der Waals surface area contributed by atoms with Crippen molar-refractivity contribution in [2.75, 3.05) is 5.32 Å². The molecule has 26 heavy (non-hydrogen) atoms. The fourth-order valence-electron chi connectivity index (χ4n) is 2.17. The van der Waals surface area contributed by atoms with Gasteiger partial charge in [0.2, 0.25) is 0 Å². The Kier molecular flexibility index (Phi) is 6.63. The van der Waals surface area contributed by atoms with Crippen LogP contribution in [0, 0.1) is 11.3 Å². The fourth-order valence-corrected chi connectivity index (χ4v) is 2.17. The number of nitrogens with one attached hydrogen (secondary N) is 2. The molecule has 0 unspecified atom stereocenters. The zero-order valence-corrected chi connectivity index (χ0v) is 14.7. The molecule has 2 N–H and O–H groups in total. The van der Waals surface area contributed by atoms with E-state index in [0.717, 1.165) is 11.1 Å². The van der Waals surface area contributed by atoms with Crippen LogP contribution in [0.4, 0.5) is 5.69 Å². The molecule has 0 aromatic heterocycles. The van der Waals surface area contributed by atoms with Gasteiger partial charge in [-0.2, -0.15) is 10.4 Å². The number of hydrogen-bond acceptors (Lipinski definition) is 4. The van der Waals surface area contributed by atoms with Gasteiger partial charge < -0.3 is 5.32 Å². The Hall–Kier alpha value is -3.46. The molecule has 0 aliphatic carbocycles. The molecule has 0 fully saturated rings. The van der Waals surface area contributed by atoms with Gasteiger partial charge in [0.1, 0.15) is 0 Å². The summed E-state index contributed by atoms with van der Waals surface area (Å²) in [6, 6.07) is 16.5. The van der Waals surface area contributed by atoms with Gasteiger partial charge in [0.15, 0.2) is 0 Å². The van der Waals surface area contributed by atoms with Gasteiger partial charge in [-0.3, -0.25) is 9.59 Å². The van der Waals surface area contributed by atoms with Crippen LogP contribution in [0.25, 0.3) is 0 Å². The molecular formula is C20H20N4O2. The van der Waals surface area contributed by atoms with E-state index in [1.807, 2.05) is 30.3 Å². The van der Waals surface area contributed by atoms with Crippen molar-refractivity contribution in [1.29, 1.82) is 5.26 Å². The quantitative estimate of drug-likeness (QED) is 0.494. The minimum Gasteiger partial charge on any atom is -0.318 e. The molecule has 0 heterocycles. The summed E-state index contributed by atoms with van der Waals surface area (Å²) in [5, 5.41) is 14.9. The number of rotatable bonds is 5. The molecule has 6 heteroatoms. The van der Waals surface area contributed by atoms with E-state index in [9.17, 15) is 9.59 Å². The number of amides is 2. The SMILES string of the molecule is CC(C)c1ccc(C=NNC(=O)C(=O)Nc2ccc(CC#N)cc2)cc1. The molecule has 132 valence electrons. The van der Waals surface area contributed by atoms with Gasteiger partial charge in [0.05, 0.1) is 18.7 Å². The standard InChI is InChI=1S/C20H20N4O2/c1-14(2)17-7-3-16(4-8-17)13-22-24-20(26)19(25)23-18-9-5-15(6-10-18)11-12-21/h3-10,13-14H,11H2,1-2H3,(H,23,25)(H,24,26). The molecule has 2 aromatic rings. The van der Waals surface area contributed by atoms with Crippen LogP contribution in [0.15, 0.2) is 53.6 Å². The maximum absolute atomic E-state index is 11.8. The summed E-state index contributed by atoms with van der Waals surface area (Å²) in [5.74, 6) is -1.23. The average molecular weight is 348 g/mol. The van der Waals surface area contributed by atoms with Crippen molar-refractivity contribution >= 4 is 23.7 Å². The molecule has 0 spiro atoms. The number of carbonyl (C=O) groups is 2. The van der Waals surface area contributed by atoms with Gasteiger partial charge >= 0.3 is 11.8 Å². The van der Waals surface area contributed by atoms with E-state index in [2.05, 4.69) is 29.7 Å². The zero-order valence-electron chi connectivity index (χ0n) is 14.7. The molecule has 0 radical (unpaired) electrons. The van der Waals surface area contributed by atoms with E-state index < -0.39 is 11.8 Å². The van der Waals surface area contributed by atoms with Crippen LogP contribution in [0.5, 0.6) is 0 Å². The Bertz CT molecular complexity index is 832. The van der Waals surface area contributed by atoms with Gasteiger partial charge in [-0.25, -0.2) is 5.43 Å². The smallest absolute Gasteiger partial charge is 0.318 e. The molecule has 0 saturated heterocycles. The van der Waals surface area contributed by atoms with Crippen molar-refractivity contribution in [3.8, 4) is 6.07 Å². The minimum atomic E-state index is -0.860. The van der Waals surface area contributed by atoms with Crippen LogP contribution in [-0.2, 0) is 16.0 Å². The van der Waals surface area contributed by atoms with Crippen molar-refractivity contribution in [3.63, 3.8) is 0 Å². The Morgan fingerprint density at radius 2 is 1.73 bits per heavy atom. The van der Waals surface area contributed by atoms with Crippen molar-refractivity contribution in [3.05, 3.63) is 65.2 Å². The molecular weight excluding hydrogens is 328 g/mol. The molecule has 0 atom stereocenters. The molecule has 0 aliphatic rings. The Morgan fingerprint density at radius 1 is 1.08 bits per heavy atom. The summed E-state index contributed by atoms with van der Waals surface area (Å²) in [6.45, 7) is 4.22. The number of carbonyl (C=O) groups excluding carboxylic acids is 2. The largest absolute Gasteiger partial charge is 0.329 e. The number of anilines is 1. The lowest BCUT2D eigenvalue weighted by atomic mass is 10.0. The molecule has 2 amide bonds. The highest BCUT2D eigenvalue weighted by Crippen LogP contribution is 2.13. The van der Waals surface area contributed by atoms with Crippen LogP contribution in [0.2, 0.25) is 0 Å². The minimum absolute atomic E-state index is 0.293. The van der Waals surface area contributed by atoms with Crippen molar-refractivity contribution in [2.24, 2.45) is 5.10 Å². The number of hydrazone groups is 1. The lowest BCUT2D eigenvalue weighted by Crippen LogP contribution is -2.32. The van der Waals surface area contributed by atoms with Crippen molar-refractivity contribution in [2.45, 2.75) is 26.2 Å². The third kappa shape index (κ3) is 5.56. The number of benzene rings is 2. The highest BCUT2D eigenvalue weighted by Gasteiger charge is 2.12. The molecule has 0 bridgehead atoms. The lowest BCUT2D eigenvalue weighted by Gasteiger charge is -2.05. The van der Waals surface area contributed by atoms with Gasteiger partial charge in [0.25, 0.3) is 0 Å². The first-order valence-electron chi connectivity index (χ1n) is 8.20. The Morgan fingerprint density at radius 3 is 2.31 bits per heavy atom. The van der Waals surface area contributed by atoms with Crippen LogP contribution < -0.4 is 10.7 Å². The highest BCUT2D eigenvalue weighted by atomic mass is 16.2. The number of nitriles is 1. The van der Waals surface area contributed by atoms with E-state index >= 15 is 0 Å². The van der Waals surface area contributed by atoms with E-state index in [1.54, 1.807) is 24.3 Å². The predicted molar refractivity (Wildman–Crippen MR) is 101 cm³/mol. The summed E-state index contributed by atoms with van der Waals surface area (Å²) in [4.78, 5) is 23.6. The van der Waals surface area contributed by atoms with E-state index in [-0.39, 0.29) is 0 Å². The first-order chi connectivity index (χ1) is 12.5. The molecule has 2 rings (SSSR count). The molecule has 0 saturated carbocycles. The predicted octanol–water partition coefficient (Wildman–Crippen LogP) is 2.96. The average Bonchev–Trinajstić information content (AvgIpc) is 2.64. The third-order valence-electron chi connectivity index (χ3n) is 3.68. The van der Waals surface area contributed by atoms with Gasteiger partial charge in [-0.1, -0.05) is 50.2 Å². The maximum Gasteiger partial charge on any atom is 0.329 e. The van der Waals surface area contributed by atoms with Gasteiger partial charge in [0, 0.05) is 5.69 Å². The second kappa shape index (κ2) is 9.14. The molecule has 6 nitrogen and oxygen atoms in total. The summed E-state index contributed by atoms with van der Waals surface area (Å²) in [5.41, 5.74) is 5.54. The van der Waals surface area contributed by atoms with Crippen LogP contribution in [0.1, 0.15) is 36.5 Å². The third-order valence-corrected chi connectivity index (χ3v) is 3.68. The van der Waals surface area contributed by atoms with E-state index in [1.165, 1.54) is 11.8 Å². The Balaban J connectivity index is 1.86. The summed E-state index contributed by atoms with van der Waals surface area (Å²) in [6.07, 6.45) is 1.77. The summed E-state index contributed by atoms with van der Waals surface area (Å²) >= 11 is 0. The number of nitrogens with zero attached hydrogens (tertiary/aromatic N) is 2. The second-order valence-electron chi connectivity index (χ2n) is 6.01. The van der Waals surface area contributed by atoms with Crippen LogP contribution >= 0.6 is 0 Å². The Labute approximate surface area is 152 Å². The maximum atomic E-state index is 11.8. The second-order valence-corrected chi connectivity index (χ2v) is 6.01. The first kappa shape index (κ1) is 18.9. The summed E-state index contributed by atoms with van der Waals surface area (Å²) < 4.78 is 0. The topological polar surface area (TPSA) is 94.3 Å². The van der Waals surface area contributed by atoms with E-state index in [4.69, 9.17) is 5.26 Å². The highest BCUT2D eigenvalue weighted by molar-refractivity contribution is 6.39. The normalized spacial score (nSPS) is 10.5. The van der Waals surface area contributed by atoms with Crippen molar-refractivity contribution < 1.29 is 9.59 Å². The van der Waals surface area contributed by atoms with Crippen molar-refractivity contribution in [1.82, 2.24) is 5.43 Å². The van der Waals surface area contributed by atoms with Gasteiger partial charge in [-0.15, -0.1) is 0 Å². The monoisotopic (exact) mass is 348 g/mol. The van der Waals surface area contributed by atoms with E-state index in [0.29, 0.717) is 18.0 Å². The molecule has 0 aliphatic heterocycles. The van der Waals surface area contributed by atoms with Crippen LogP contribution in [-0.4, -0.2) is 18.0 Å². The summed E-state index contributed by atoms with van der Waals surface area (Å²) in [7, 11) is 0. The fraction of sp³-hybridized carbons (Fsp3) is 0.200. The van der Waals surface area contributed by atoms with Gasteiger partial charge in [-0.05, 0) is 34.7 Å². The first-order valence-corrected chi connectivity index (χ1v) is 8.20.